The fourth-order valence-electron chi connectivity index (χ4n) is 3.39. The van der Waals surface area contributed by atoms with Gasteiger partial charge in [0.2, 0.25) is 0 Å². The number of aliphatic hydroxyl groups excluding tert-OH is 1. The van der Waals surface area contributed by atoms with E-state index in [0.29, 0.717) is 60.4 Å². The molecular formula is C27H36N4O5. The number of fused-ring (bicyclic) bond motifs is 1. The van der Waals surface area contributed by atoms with Gasteiger partial charge in [0, 0.05) is 43.0 Å². The molecule has 0 saturated carbocycles. The number of anilines is 1. The van der Waals surface area contributed by atoms with Crippen molar-refractivity contribution in [2.75, 3.05) is 45.3 Å². The van der Waals surface area contributed by atoms with Crippen LogP contribution < -0.4 is 30.2 Å². The van der Waals surface area contributed by atoms with Gasteiger partial charge in [0.05, 0.1) is 19.2 Å². The molecule has 0 spiro atoms. The predicted molar refractivity (Wildman–Crippen MR) is 141 cm³/mol. The molecule has 3 aromatic rings. The number of ether oxygens (including phenoxy) is 3. The first kappa shape index (κ1) is 27.0. The maximum atomic E-state index is 12.1. The Hall–Kier alpha value is -3.56. The van der Waals surface area contributed by atoms with Crippen LogP contribution in [0.25, 0.3) is 10.9 Å². The monoisotopic (exact) mass is 496 g/mol. The smallest absolute Gasteiger partial charge is 0.319 e. The molecule has 3 rings (SSSR count). The highest BCUT2D eigenvalue weighted by molar-refractivity contribution is 5.89. The van der Waals surface area contributed by atoms with Crippen molar-refractivity contribution < 1.29 is 24.1 Å². The lowest BCUT2D eigenvalue weighted by molar-refractivity contribution is 0.250. The first-order valence-corrected chi connectivity index (χ1v) is 12.0. The highest BCUT2D eigenvalue weighted by Crippen LogP contribution is 2.37. The summed E-state index contributed by atoms with van der Waals surface area (Å²) in [6.07, 6.45) is 2.57. The number of carbonyl (C=O) groups excluding carboxylic acids is 1. The van der Waals surface area contributed by atoms with E-state index in [1.807, 2.05) is 12.1 Å². The Morgan fingerprint density at radius 2 is 1.78 bits per heavy atom. The summed E-state index contributed by atoms with van der Waals surface area (Å²) in [4.78, 5) is 16.6. The third-order valence-electron chi connectivity index (χ3n) is 5.31. The molecular weight excluding hydrogens is 460 g/mol. The average molecular weight is 497 g/mol. The van der Waals surface area contributed by atoms with Crippen LogP contribution >= 0.6 is 0 Å². The van der Waals surface area contributed by atoms with E-state index < -0.39 is 0 Å². The zero-order chi connectivity index (χ0) is 26.0. The van der Waals surface area contributed by atoms with Gasteiger partial charge in [-0.1, -0.05) is 20.8 Å². The minimum absolute atomic E-state index is 0.0816. The van der Waals surface area contributed by atoms with Gasteiger partial charge in [-0.3, -0.25) is 4.98 Å². The van der Waals surface area contributed by atoms with Gasteiger partial charge in [-0.15, -0.1) is 0 Å². The van der Waals surface area contributed by atoms with Crippen LogP contribution in [0.3, 0.4) is 0 Å². The van der Waals surface area contributed by atoms with Crippen LogP contribution in [0.15, 0.2) is 48.7 Å². The number of nitrogens with one attached hydrogen (secondary N) is 3. The first-order chi connectivity index (χ1) is 17.3. The molecule has 0 saturated heterocycles. The molecule has 0 atom stereocenters. The van der Waals surface area contributed by atoms with Crippen molar-refractivity contribution >= 4 is 22.6 Å². The summed E-state index contributed by atoms with van der Waals surface area (Å²) >= 11 is 0. The molecule has 0 radical (unpaired) electrons. The first-order valence-electron chi connectivity index (χ1n) is 12.0. The Labute approximate surface area is 212 Å². The second-order valence-electron chi connectivity index (χ2n) is 9.47. The van der Waals surface area contributed by atoms with Crippen LogP contribution in [0.4, 0.5) is 10.5 Å². The number of hydrogen-bond acceptors (Lipinski definition) is 7. The molecule has 0 unspecified atom stereocenters. The van der Waals surface area contributed by atoms with E-state index in [2.05, 4.69) is 41.7 Å². The van der Waals surface area contributed by atoms with Gasteiger partial charge < -0.3 is 35.3 Å². The summed E-state index contributed by atoms with van der Waals surface area (Å²) in [7, 11) is 1.58. The second kappa shape index (κ2) is 12.9. The molecule has 2 aromatic carbocycles. The summed E-state index contributed by atoms with van der Waals surface area (Å²) in [5.41, 5.74) is 1.55. The highest BCUT2D eigenvalue weighted by Gasteiger charge is 2.13. The molecule has 1 heterocycles. The summed E-state index contributed by atoms with van der Waals surface area (Å²) in [6.45, 7) is 8.65. The van der Waals surface area contributed by atoms with E-state index in [0.717, 1.165) is 11.8 Å². The molecule has 0 aliphatic rings. The number of methoxy groups -OCH3 is 1. The van der Waals surface area contributed by atoms with E-state index in [1.54, 1.807) is 43.6 Å². The Morgan fingerprint density at radius 1 is 1.00 bits per heavy atom. The van der Waals surface area contributed by atoms with Crippen LogP contribution in [-0.2, 0) is 0 Å². The SMILES string of the molecule is COc1cc2c(Oc3ccc(NC(=O)NCCC(C)(C)C)cc3)ccnc2cc1OCCNCCO. The maximum absolute atomic E-state index is 12.1. The predicted octanol–water partition coefficient (Wildman–Crippen LogP) is 4.55. The number of amides is 2. The zero-order valence-corrected chi connectivity index (χ0v) is 21.4. The highest BCUT2D eigenvalue weighted by atomic mass is 16.5. The van der Waals surface area contributed by atoms with Crippen LogP contribution in [-0.4, -0.2) is 56.1 Å². The summed E-state index contributed by atoms with van der Waals surface area (Å²) < 4.78 is 17.5. The van der Waals surface area contributed by atoms with Gasteiger partial charge in [0.15, 0.2) is 11.5 Å². The molecule has 36 heavy (non-hydrogen) atoms. The van der Waals surface area contributed by atoms with Gasteiger partial charge in [0.25, 0.3) is 0 Å². The number of rotatable bonds is 12. The third-order valence-corrected chi connectivity index (χ3v) is 5.31. The number of carbonyl (C=O) groups is 1. The van der Waals surface area contributed by atoms with E-state index in [9.17, 15) is 4.79 Å². The largest absolute Gasteiger partial charge is 0.493 e. The van der Waals surface area contributed by atoms with Crippen molar-refractivity contribution in [3.8, 4) is 23.0 Å². The Kier molecular flexibility index (Phi) is 9.72. The fourth-order valence-corrected chi connectivity index (χ4v) is 3.39. The lowest BCUT2D eigenvalue weighted by Crippen LogP contribution is -2.31. The lowest BCUT2D eigenvalue weighted by Gasteiger charge is -2.18. The zero-order valence-electron chi connectivity index (χ0n) is 21.4. The molecule has 4 N–H and O–H groups in total. The number of aliphatic hydroxyl groups is 1. The molecule has 9 heteroatoms. The number of pyridine rings is 1. The van der Waals surface area contributed by atoms with Gasteiger partial charge >= 0.3 is 6.03 Å². The van der Waals surface area contributed by atoms with Crippen molar-refractivity contribution in [2.45, 2.75) is 27.2 Å². The van der Waals surface area contributed by atoms with Gasteiger partial charge in [-0.05, 0) is 48.2 Å². The van der Waals surface area contributed by atoms with Crippen molar-refractivity contribution in [3.63, 3.8) is 0 Å². The number of urea groups is 1. The fraction of sp³-hybridized carbons (Fsp3) is 0.407. The van der Waals surface area contributed by atoms with Crippen LogP contribution in [0, 0.1) is 5.41 Å². The standard InChI is InChI=1S/C27H36N4O5/c1-27(2,3)10-12-30-26(33)31-19-5-7-20(8-6-19)36-23-9-11-29-22-18-25(24(34-4)17-21(22)23)35-16-14-28-13-15-32/h5-9,11,17-18,28,32H,10,12-16H2,1-4H3,(H2,30,31,33). The van der Waals surface area contributed by atoms with Crippen molar-refractivity contribution in [1.29, 1.82) is 0 Å². The molecule has 1 aromatic heterocycles. The topological polar surface area (TPSA) is 114 Å². The van der Waals surface area contributed by atoms with Gasteiger partial charge in [-0.25, -0.2) is 4.79 Å². The van der Waals surface area contributed by atoms with Crippen molar-refractivity contribution in [2.24, 2.45) is 5.41 Å². The quantitative estimate of drug-likeness (QED) is 0.272. The Morgan fingerprint density at radius 3 is 2.47 bits per heavy atom. The van der Waals surface area contributed by atoms with E-state index in [-0.39, 0.29) is 18.1 Å². The Balaban J connectivity index is 1.65. The van der Waals surface area contributed by atoms with Crippen molar-refractivity contribution in [3.05, 3.63) is 48.7 Å². The average Bonchev–Trinajstić information content (AvgIpc) is 2.84. The normalized spacial score (nSPS) is 11.2. The molecule has 2 amide bonds. The summed E-state index contributed by atoms with van der Waals surface area (Å²) in [5.74, 6) is 2.39. The molecule has 194 valence electrons. The lowest BCUT2D eigenvalue weighted by atomic mass is 9.92. The minimum Gasteiger partial charge on any atom is -0.493 e. The third kappa shape index (κ3) is 8.28. The number of nitrogens with zero attached hydrogens (tertiary/aromatic N) is 1. The molecule has 9 nitrogen and oxygen atoms in total. The van der Waals surface area contributed by atoms with Crippen LogP contribution in [0.1, 0.15) is 27.2 Å². The molecule has 0 aliphatic heterocycles. The van der Waals surface area contributed by atoms with E-state index in [1.165, 1.54) is 0 Å². The van der Waals surface area contributed by atoms with Gasteiger partial charge in [-0.2, -0.15) is 0 Å². The number of aromatic nitrogens is 1. The van der Waals surface area contributed by atoms with E-state index >= 15 is 0 Å². The number of hydrogen-bond donors (Lipinski definition) is 4. The van der Waals surface area contributed by atoms with Gasteiger partial charge in [0.1, 0.15) is 18.1 Å². The van der Waals surface area contributed by atoms with Crippen molar-refractivity contribution in [1.82, 2.24) is 15.6 Å². The number of benzene rings is 2. The molecule has 0 bridgehead atoms. The summed E-state index contributed by atoms with van der Waals surface area (Å²) in [6, 6.07) is 12.4. The summed E-state index contributed by atoms with van der Waals surface area (Å²) in [5, 5.41) is 18.4. The Bertz CT molecular complexity index is 1130. The van der Waals surface area contributed by atoms with Crippen LogP contribution in [0.2, 0.25) is 0 Å². The maximum Gasteiger partial charge on any atom is 0.319 e. The molecule has 0 fully saturated rings. The molecule has 0 aliphatic carbocycles. The second-order valence-corrected chi connectivity index (χ2v) is 9.47. The minimum atomic E-state index is -0.234. The van der Waals surface area contributed by atoms with Crippen LogP contribution in [0.5, 0.6) is 23.0 Å². The van der Waals surface area contributed by atoms with E-state index in [4.69, 9.17) is 19.3 Å².